The molecule has 8 fully saturated rings. The van der Waals surface area contributed by atoms with Gasteiger partial charge in [-0.2, -0.15) is 4.31 Å². The molecule has 0 radical (unpaired) electrons. The van der Waals surface area contributed by atoms with E-state index in [9.17, 15) is 37.5 Å². The molecule has 8 aromatic rings. The summed E-state index contributed by atoms with van der Waals surface area (Å²) < 4.78 is 27.5. The Morgan fingerprint density at radius 3 is 1.22 bits per heavy atom. The average molecular weight is 1610 g/mol. The molecule has 8 N–H and O–H groups in total. The van der Waals surface area contributed by atoms with Crippen LogP contribution in [0.4, 0.5) is 21.9 Å². The summed E-state index contributed by atoms with van der Waals surface area (Å²) in [5, 5.41) is 34.6. The number of aromatic hydroxyl groups is 1. The van der Waals surface area contributed by atoms with Gasteiger partial charge in [0, 0.05) is 140 Å². The number of thiocarbonyl (C=S) groups is 2. The number of carbonyl (C=O) groups is 5. The van der Waals surface area contributed by atoms with E-state index in [1.54, 1.807) is 12.4 Å². The van der Waals surface area contributed by atoms with Gasteiger partial charge >= 0.3 is 6.03 Å². The van der Waals surface area contributed by atoms with E-state index in [4.69, 9.17) is 47.6 Å². The highest BCUT2D eigenvalue weighted by atomic mass is 35.5. The molecule has 8 saturated heterocycles. The van der Waals surface area contributed by atoms with E-state index in [1.807, 2.05) is 189 Å². The zero-order valence-electron chi connectivity index (χ0n) is 61.6. The molecule has 9 heterocycles. The molecule has 4 spiro atoms. The standard InChI is InChI=1S/C21H24N4O2.C21H24N4OS.C20H21Cl2N3O4S.C20H23N5OS.CH4/c2*26-19-15-22-21(25(19)16-17-7-3-1-4-8-17)11-13-24(14-12-21)20(27)23-18-9-5-2-6-10-18;21-15-10-16(22)19(27)17(11-15)30(28,29)25-8-6-20(7-9-25)23-18(26)13-24(20)12-14-4-2-1-3-5-14;26-18-14-22-20(25(18)15-16-5-2-1-3-6-16)8-11-24(12-9-20)19(27)23-17-7-4-10-21-13-17;/h2*1-10,22H,11-16H2,(H,23,27);1-5,10-11,27H,6-9,12-13H2,(H,23,26);1-7,10,13,22H,8-9,11-12,14-15H2,(H,23,27);1H4. The Morgan fingerprint density at radius 1 is 0.464 bits per heavy atom. The first-order valence-corrected chi connectivity index (χ1v) is 40.5. The number of carbonyl (C=O) groups excluding carboxylic acids is 5. The van der Waals surface area contributed by atoms with Crippen LogP contribution in [-0.4, -0.2) is 198 Å². The molecule has 7 aromatic carbocycles. The molecule has 0 unspecified atom stereocenters. The highest BCUT2D eigenvalue weighted by Gasteiger charge is 2.51. The van der Waals surface area contributed by atoms with Gasteiger partial charge in [0.1, 0.15) is 4.90 Å². The topological polar surface area (TPSA) is 263 Å². The maximum Gasteiger partial charge on any atom is 0.321 e. The van der Waals surface area contributed by atoms with Gasteiger partial charge in [-0.1, -0.05) is 188 Å². The predicted molar refractivity (Wildman–Crippen MR) is 445 cm³/mol. The van der Waals surface area contributed by atoms with Gasteiger partial charge in [0.05, 0.1) is 65.7 Å². The number of pyridine rings is 1. The average Bonchev–Trinajstić information content (AvgIpc) is 1.55. The van der Waals surface area contributed by atoms with Crippen molar-refractivity contribution in [2.45, 2.75) is 113 Å². The molecular formula is C83H96Cl2N16O8S3. The minimum atomic E-state index is -3.99. The molecule has 16 rings (SSSR count). The summed E-state index contributed by atoms with van der Waals surface area (Å²) in [6.45, 7) is 8.82. The van der Waals surface area contributed by atoms with E-state index < -0.39 is 21.4 Å². The third-order valence-corrected chi connectivity index (χ3v) is 25.1. The van der Waals surface area contributed by atoms with Crippen LogP contribution in [0.1, 0.15) is 81.0 Å². The number of halogens is 2. The molecule has 0 atom stereocenters. The number of piperidine rings is 4. The van der Waals surface area contributed by atoms with Crippen molar-refractivity contribution in [3.63, 3.8) is 0 Å². The minimum Gasteiger partial charge on any atom is -0.505 e. The summed E-state index contributed by atoms with van der Waals surface area (Å²) in [7, 11) is -3.99. The van der Waals surface area contributed by atoms with E-state index in [1.165, 1.54) is 16.4 Å². The number of hydrogen-bond donors (Lipinski definition) is 8. The molecule has 0 bridgehead atoms. The Balaban J connectivity index is 0.000000138. The number of nitrogens with zero attached hydrogens (tertiary/aromatic N) is 9. The number of urea groups is 1. The molecule has 8 aliphatic rings. The van der Waals surface area contributed by atoms with Crippen molar-refractivity contribution in [1.29, 1.82) is 0 Å². The largest absolute Gasteiger partial charge is 0.505 e. The first-order valence-electron chi connectivity index (χ1n) is 37.4. The third-order valence-electron chi connectivity index (χ3n) is 22.0. The number of rotatable bonds is 13. The molecule has 24 nitrogen and oxygen atoms in total. The van der Waals surface area contributed by atoms with Crippen LogP contribution in [0.25, 0.3) is 0 Å². The molecule has 8 aliphatic heterocycles. The number of anilines is 3. The van der Waals surface area contributed by atoms with E-state index in [0.717, 1.165) is 109 Å². The second-order valence-electron chi connectivity index (χ2n) is 28.8. The first-order chi connectivity index (χ1) is 53.7. The van der Waals surface area contributed by atoms with Crippen molar-refractivity contribution in [1.82, 2.24) is 64.9 Å². The molecular weight excluding hydrogens is 1520 g/mol. The van der Waals surface area contributed by atoms with Crippen molar-refractivity contribution < 1.29 is 37.5 Å². The van der Waals surface area contributed by atoms with Crippen molar-refractivity contribution in [3.8, 4) is 5.75 Å². The van der Waals surface area contributed by atoms with Crippen molar-refractivity contribution in [2.24, 2.45) is 0 Å². The highest BCUT2D eigenvalue weighted by molar-refractivity contribution is 7.89. The van der Waals surface area contributed by atoms with Gasteiger partial charge in [0.25, 0.3) is 0 Å². The summed E-state index contributed by atoms with van der Waals surface area (Å²) >= 11 is 23.0. The Morgan fingerprint density at radius 2 is 0.821 bits per heavy atom. The number of hydrogen-bond acceptors (Lipinski definition) is 15. The van der Waals surface area contributed by atoms with Gasteiger partial charge in [-0.25, -0.2) is 13.2 Å². The third kappa shape index (κ3) is 19.5. The van der Waals surface area contributed by atoms with Crippen LogP contribution in [0.5, 0.6) is 5.75 Å². The van der Waals surface area contributed by atoms with Gasteiger partial charge in [0.15, 0.2) is 16.0 Å². The normalized spacial score (nSPS) is 18.9. The Labute approximate surface area is 676 Å². The van der Waals surface area contributed by atoms with E-state index in [2.05, 4.69) is 81.2 Å². The molecule has 112 heavy (non-hydrogen) atoms. The summed E-state index contributed by atoms with van der Waals surface area (Å²) in [5.41, 5.74) is 5.75. The number of aromatic nitrogens is 1. The van der Waals surface area contributed by atoms with Crippen LogP contribution >= 0.6 is 47.6 Å². The summed E-state index contributed by atoms with van der Waals surface area (Å²) in [4.78, 5) is 80.3. The summed E-state index contributed by atoms with van der Waals surface area (Å²) in [6, 6.07) is 66.0. The number of benzene rings is 7. The molecule has 0 saturated carbocycles. The molecule has 0 aliphatic carbocycles. The molecule has 1 aromatic heterocycles. The lowest BCUT2D eigenvalue weighted by Crippen LogP contribution is -2.59. The van der Waals surface area contributed by atoms with E-state index in [-0.39, 0.29) is 88.7 Å². The van der Waals surface area contributed by atoms with Crippen molar-refractivity contribution >= 4 is 115 Å². The van der Waals surface area contributed by atoms with Crippen LogP contribution in [0.2, 0.25) is 10.0 Å². The summed E-state index contributed by atoms with van der Waals surface area (Å²) in [6.07, 6.45) is 9.24. The van der Waals surface area contributed by atoms with Crippen LogP contribution in [0, 0.1) is 0 Å². The lowest BCUT2D eigenvalue weighted by Gasteiger charge is -2.45. The zero-order valence-corrected chi connectivity index (χ0v) is 65.5. The number of sulfonamides is 1. The monoisotopic (exact) mass is 1610 g/mol. The van der Waals surface area contributed by atoms with Gasteiger partial charge in [-0.15, -0.1) is 0 Å². The molecule has 6 amide bonds. The van der Waals surface area contributed by atoms with Gasteiger partial charge in [0.2, 0.25) is 33.7 Å². The van der Waals surface area contributed by atoms with Crippen molar-refractivity contribution in [3.05, 3.63) is 251 Å². The number of likely N-dealkylation sites (tertiary alicyclic amines) is 3. The van der Waals surface area contributed by atoms with E-state index in [0.29, 0.717) is 76.9 Å². The number of para-hydroxylation sites is 2. The smallest absolute Gasteiger partial charge is 0.321 e. The maximum absolute atomic E-state index is 13.1. The Bertz CT molecular complexity index is 4330. The van der Waals surface area contributed by atoms with E-state index >= 15 is 0 Å². The lowest BCUT2D eigenvalue weighted by atomic mass is 9.95. The fourth-order valence-corrected chi connectivity index (χ4v) is 18.6. The zero-order chi connectivity index (χ0) is 77.6. The van der Waals surface area contributed by atoms with Crippen LogP contribution in [0.3, 0.4) is 0 Å². The van der Waals surface area contributed by atoms with Crippen LogP contribution < -0.4 is 37.2 Å². The first kappa shape index (κ1) is 81.8. The second kappa shape index (κ2) is 36.9. The fourth-order valence-electron chi connectivity index (χ4n) is 15.8. The SMILES string of the molecule is C.O=C(Nc1ccccc1)N1CCC2(CC1)NCC(=O)N2Cc1ccccc1.O=C1CN(Cc2ccccc2)C2(CCN(S(=O)(=O)c3cc(Cl)cc(Cl)c3O)CC2)N1.O=C1CNC2(CCN(C(=S)Nc3ccccc3)CC2)N1Cc1ccccc1.O=C1CNC2(CCN(C(=S)Nc3cccnc3)CC2)N1Cc1ccccc1. The predicted octanol–water partition coefficient (Wildman–Crippen LogP) is 11.1. The number of phenols is 1. The Hall–Kier alpha value is -9.65. The molecule has 588 valence electrons. The maximum atomic E-state index is 13.1. The highest BCUT2D eigenvalue weighted by Crippen LogP contribution is 2.40. The second-order valence-corrected chi connectivity index (χ2v) is 32.4. The van der Waals surface area contributed by atoms with Gasteiger partial charge in [-0.3, -0.25) is 45.0 Å². The van der Waals surface area contributed by atoms with Gasteiger partial charge in [-0.05, 0) is 108 Å². The van der Waals surface area contributed by atoms with Crippen LogP contribution in [-0.2, 0) is 55.4 Å². The van der Waals surface area contributed by atoms with Crippen molar-refractivity contribution in [2.75, 3.05) is 94.5 Å². The summed E-state index contributed by atoms with van der Waals surface area (Å²) in [5.74, 6) is -0.107. The number of phenolic OH excluding ortho intramolecular Hbond substituents is 1. The number of nitrogens with one attached hydrogen (secondary N) is 7. The fraction of sp³-hybridized carbons (Fsp3) is 0.349. The van der Waals surface area contributed by atoms with Crippen LogP contribution in [0.15, 0.2) is 224 Å². The minimum absolute atomic E-state index is 0. The quantitative estimate of drug-likeness (QED) is 0.0499. The molecule has 29 heteroatoms. The number of amides is 6. The van der Waals surface area contributed by atoms with Gasteiger partial charge < -0.3 is 55.8 Å². The lowest BCUT2D eigenvalue weighted by molar-refractivity contribution is -0.133. The Kier molecular flexibility index (Phi) is 26.9.